The smallest absolute Gasteiger partial charge is 0.134 e. The van der Waals surface area contributed by atoms with Crippen molar-refractivity contribution in [2.45, 2.75) is 18.4 Å². The summed E-state index contributed by atoms with van der Waals surface area (Å²) in [6, 6.07) is 58.9. The van der Waals surface area contributed by atoms with Gasteiger partial charge in [0, 0.05) is 27.4 Å². The largest absolute Gasteiger partial charge is 0.316 e. The van der Waals surface area contributed by atoms with Crippen LogP contribution in [0.2, 0.25) is 0 Å². The number of benzene rings is 6. The van der Waals surface area contributed by atoms with Crippen LogP contribution < -0.4 is 4.90 Å². The lowest BCUT2D eigenvalue weighted by Crippen LogP contribution is -2.39. The van der Waals surface area contributed by atoms with Crippen LogP contribution in [0.1, 0.15) is 12.5 Å². The molecule has 0 fully saturated rings. The van der Waals surface area contributed by atoms with Crippen molar-refractivity contribution >= 4 is 33.3 Å². The summed E-state index contributed by atoms with van der Waals surface area (Å²) in [6.07, 6.45) is 9.11. The number of anilines is 2. The maximum absolute atomic E-state index is 5.54. The van der Waals surface area contributed by atoms with Gasteiger partial charge in [0.2, 0.25) is 0 Å². The van der Waals surface area contributed by atoms with E-state index < -0.39 is 0 Å². The van der Waals surface area contributed by atoms with Crippen molar-refractivity contribution in [1.82, 2.24) is 9.55 Å². The predicted molar refractivity (Wildman–Crippen MR) is 213 cm³/mol. The van der Waals surface area contributed by atoms with Gasteiger partial charge in [-0.3, -0.25) is 0 Å². The number of fused-ring (bicyclic) bond motifs is 7. The summed E-state index contributed by atoms with van der Waals surface area (Å²) in [6.45, 7) is 2.37. The summed E-state index contributed by atoms with van der Waals surface area (Å²) >= 11 is 0. The van der Waals surface area contributed by atoms with E-state index in [1.807, 2.05) is 0 Å². The number of hydrogen-bond acceptors (Lipinski definition) is 2. The Labute approximate surface area is 298 Å². The average molecular weight is 654 g/mol. The molecule has 3 heteroatoms. The Morgan fingerprint density at radius 2 is 1.20 bits per heavy atom. The van der Waals surface area contributed by atoms with Crippen LogP contribution in [0, 0.1) is 0 Å². The van der Waals surface area contributed by atoms with Crippen molar-refractivity contribution in [3.63, 3.8) is 0 Å². The van der Waals surface area contributed by atoms with Gasteiger partial charge in [-0.15, -0.1) is 0 Å². The molecule has 2 atom stereocenters. The molecule has 51 heavy (non-hydrogen) atoms. The number of para-hydroxylation sites is 2. The third-order valence-electron chi connectivity index (χ3n) is 10.8. The molecule has 8 aromatic rings. The number of pyridine rings is 1. The molecule has 242 valence electrons. The van der Waals surface area contributed by atoms with E-state index in [9.17, 15) is 0 Å². The van der Waals surface area contributed by atoms with Crippen molar-refractivity contribution in [2.24, 2.45) is 0 Å². The Balaban J connectivity index is 1.22. The highest BCUT2D eigenvalue weighted by molar-refractivity contribution is 6.15. The average Bonchev–Trinajstić information content (AvgIpc) is 3.68. The summed E-state index contributed by atoms with van der Waals surface area (Å²) in [5.41, 5.74) is 12.6. The molecule has 0 radical (unpaired) electrons. The second kappa shape index (κ2) is 11.6. The van der Waals surface area contributed by atoms with Crippen molar-refractivity contribution in [3.05, 3.63) is 194 Å². The summed E-state index contributed by atoms with van der Waals surface area (Å²) in [7, 11) is 0. The second-order valence-electron chi connectivity index (χ2n) is 13.8. The van der Waals surface area contributed by atoms with Gasteiger partial charge in [0.1, 0.15) is 5.82 Å². The quantitative estimate of drug-likeness (QED) is 0.184. The first-order valence-electron chi connectivity index (χ1n) is 17.7. The monoisotopic (exact) mass is 653 g/mol. The number of nitrogens with zero attached hydrogens (tertiary/aromatic N) is 3. The van der Waals surface area contributed by atoms with E-state index in [0.717, 1.165) is 22.8 Å². The maximum atomic E-state index is 5.54. The SMILES string of the molecule is CC12C=CC=CC1N(c1cccc(-c3cc(-c4ccccc4)cc(-c4ccccc4)c3)n1)c1c2ccc2c3ccccc3n(-c3ccccc3)c12. The number of rotatable bonds is 5. The fraction of sp³-hybridized carbons (Fsp3) is 0.0625. The van der Waals surface area contributed by atoms with E-state index in [1.54, 1.807) is 0 Å². The van der Waals surface area contributed by atoms with Crippen LogP contribution in [0.3, 0.4) is 0 Å². The fourth-order valence-corrected chi connectivity index (χ4v) is 8.38. The number of allylic oxidation sites excluding steroid dienone is 2. The Kier molecular flexibility index (Phi) is 6.68. The molecule has 0 saturated carbocycles. The van der Waals surface area contributed by atoms with E-state index in [2.05, 4.69) is 204 Å². The van der Waals surface area contributed by atoms with E-state index in [1.165, 1.54) is 55.3 Å². The minimum atomic E-state index is -0.234. The Hall–Kier alpha value is -6.45. The van der Waals surface area contributed by atoms with Crippen molar-refractivity contribution in [2.75, 3.05) is 4.90 Å². The molecule has 3 nitrogen and oxygen atoms in total. The van der Waals surface area contributed by atoms with Crippen LogP contribution in [0.15, 0.2) is 188 Å². The Bertz CT molecular complexity index is 2590. The molecule has 2 unspecified atom stereocenters. The lowest BCUT2D eigenvalue weighted by atomic mass is 9.76. The number of aromatic nitrogens is 2. The number of hydrogen-bond donors (Lipinski definition) is 0. The molecule has 2 aromatic heterocycles. The minimum Gasteiger partial charge on any atom is -0.316 e. The zero-order valence-electron chi connectivity index (χ0n) is 28.3. The molecule has 0 spiro atoms. The molecular formula is C48H35N3. The fourth-order valence-electron chi connectivity index (χ4n) is 8.38. The van der Waals surface area contributed by atoms with Gasteiger partial charge in [-0.05, 0) is 83.3 Å². The molecule has 0 bridgehead atoms. The van der Waals surface area contributed by atoms with Crippen LogP contribution in [-0.4, -0.2) is 15.6 Å². The van der Waals surface area contributed by atoms with E-state index in [4.69, 9.17) is 4.98 Å². The van der Waals surface area contributed by atoms with Crippen LogP contribution in [0.5, 0.6) is 0 Å². The second-order valence-corrected chi connectivity index (χ2v) is 13.8. The van der Waals surface area contributed by atoms with Gasteiger partial charge < -0.3 is 9.47 Å². The van der Waals surface area contributed by atoms with Crippen LogP contribution in [0.25, 0.3) is 61.0 Å². The minimum absolute atomic E-state index is 0.0589. The topological polar surface area (TPSA) is 21.1 Å². The molecule has 0 saturated heterocycles. The molecule has 0 N–H and O–H groups in total. The van der Waals surface area contributed by atoms with Crippen LogP contribution in [-0.2, 0) is 5.41 Å². The van der Waals surface area contributed by atoms with E-state index >= 15 is 0 Å². The lowest BCUT2D eigenvalue weighted by Gasteiger charge is -2.34. The molecule has 10 rings (SSSR count). The molecule has 6 aromatic carbocycles. The van der Waals surface area contributed by atoms with Crippen LogP contribution >= 0.6 is 0 Å². The van der Waals surface area contributed by atoms with Gasteiger partial charge in [0.15, 0.2) is 0 Å². The van der Waals surface area contributed by atoms with Gasteiger partial charge in [-0.1, -0.05) is 140 Å². The Morgan fingerprint density at radius 1 is 0.549 bits per heavy atom. The van der Waals surface area contributed by atoms with Gasteiger partial charge in [-0.2, -0.15) is 0 Å². The predicted octanol–water partition coefficient (Wildman–Crippen LogP) is 12.1. The standard InChI is InChI=1S/C48H35N3/c1-48-29-14-13-25-44(48)51(47-41(48)28-27-40-39-22-11-12-24-43(39)50(46(40)47)38-20-9-4-10-21-38)45-26-15-23-42(49-45)37-31-35(33-16-5-2-6-17-33)30-36(32-37)34-18-7-3-8-19-34/h2-32,44H,1H3. The first kappa shape index (κ1) is 29.5. The summed E-state index contributed by atoms with van der Waals surface area (Å²) < 4.78 is 2.45. The van der Waals surface area contributed by atoms with Gasteiger partial charge in [-0.25, -0.2) is 4.98 Å². The van der Waals surface area contributed by atoms with Crippen molar-refractivity contribution in [1.29, 1.82) is 0 Å². The van der Waals surface area contributed by atoms with Crippen molar-refractivity contribution in [3.8, 4) is 39.2 Å². The highest BCUT2D eigenvalue weighted by Crippen LogP contribution is 2.55. The van der Waals surface area contributed by atoms with E-state index in [0.29, 0.717) is 0 Å². The zero-order chi connectivity index (χ0) is 33.9. The van der Waals surface area contributed by atoms with Crippen molar-refractivity contribution < 1.29 is 0 Å². The highest BCUT2D eigenvalue weighted by atomic mass is 15.3. The molecule has 1 aliphatic carbocycles. The molecular weight excluding hydrogens is 619 g/mol. The first-order chi connectivity index (χ1) is 25.2. The van der Waals surface area contributed by atoms with Crippen LogP contribution in [0.4, 0.5) is 11.5 Å². The van der Waals surface area contributed by atoms with Gasteiger partial charge in [0.05, 0.1) is 28.5 Å². The summed E-state index contributed by atoms with van der Waals surface area (Å²) in [5, 5.41) is 2.49. The third-order valence-corrected chi connectivity index (χ3v) is 10.8. The normalized spacial score (nSPS) is 17.6. The summed E-state index contributed by atoms with van der Waals surface area (Å²) in [4.78, 5) is 8.04. The van der Waals surface area contributed by atoms with Gasteiger partial charge in [0.25, 0.3) is 0 Å². The first-order valence-corrected chi connectivity index (χ1v) is 17.7. The lowest BCUT2D eigenvalue weighted by molar-refractivity contribution is 0.549. The third kappa shape index (κ3) is 4.62. The van der Waals surface area contributed by atoms with Gasteiger partial charge >= 0.3 is 0 Å². The zero-order valence-corrected chi connectivity index (χ0v) is 28.3. The van der Waals surface area contributed by atoms with E-state index in [-0.39, 0.29) is 11.5 Å². The highest BCUT2D eigenvalue weighted by Gasteiger charge is 2.48. The Morgan fingerprint density at radius 3 is 1.92 bits per heavy atom. The molecule has 0 amide bonds. The molecule has 2 aliphatic rings. The maximum Gasteiger partial charge on any atom is 0.134 e. The summed E-state index contributed by atoms with van der Waals surface area (Å²) in [5.74, 6) is 0.936. The molecule has 1 aliphatic heterocycles. The molecule has 3 heterocycles.